The van der Waals surface area contributed by atoms with E-state index in [2.05, 4.69) is 0 Å². The van der Waals surface area contributed by atoms with Gasteiger partial charge < -0.3 is 5.11 Å². The second kappa shape index (κ2) is 5.83. The third-order valence-electron chi connectivity index (χ3n) is 1.98. The van der Waals surface area contributed by atoms with Crippen molar-refractivity contribution in [1.82, 2.24) is 0 Å². The van der Waals surface area contributed by atoms with Gasteiger partial charge in [-0.1, -0.05) is 6.92 Å². The third-order valence-corrected chi connectivity index (χ3v) is 3.25. The van der Waals surface area contributed by atoms with E-state index in [0.29, 0.717) is 6.42 Å². The number of aliphatic hydroxyl groups excluding tert-OH is 1. The molecule has 0 aliphatic carbocycles. The SMILES string of the molecule is CC(CCO)Sc1c(F)cc(C#N)cc1F. The largest absolute Gasteiger partial charge is 0.396 e. The Hall–Kier alpha value is -1.12. The molecule has 16 heavy (non-hydrogen) atoms. The molecule has 0 aliphatic heterocycles. The standard InChI is InChI=1S/C11H11F2NOS/c1-7(2-3-15)16-11-9(12)4-8(6-14)5-10(11)13/h4-5,7,15H,2-3H2,1H3. The molecule has 0 saturated carbocycles. The molecule has 2 nitrogen and oxygen atoms in total. The maximum Gasteiger partial charge on any atom is 0.141 e. The van der Waals surface area contributed by atoms with Crippen molar-refractivity contribution < 1.29 is 13.9 Å². The van der Waals surface area contributed by atoms with Gasteiger partial charge in [0.05, 0.1) is 16.5 Å². The minimum absolute atomic E-state index is 0.0202. The molecule has 0 aromatic heterocycles. The lowest BCUT2D eigenvalue weighted by Gasteiger charge is -2.11. The Labute approximate surface area is 96.9 Å². The number of nitrogens with zero attached hydrogens (tertiary/aromatic N) is 1. The Morgan fingerprint density at radius 1 is 1.44 bits per heavy atom. The number of thioether (sulfide) groups is 1. The zero-order valence-electron chi connectivity index (χ0n) is 8.70. The molecule has 1 N–H and O–H groups in total. The first-order valence-corrected chi connectivity index (χ1v) is 5.63. The molecule has 1 aromatic rings. The van der Waals surface area contributed by atoms with Gasteiger partial charge in [0.15, 0.2) is 0 Å². The Morgan fingerprint density at radius 3 is 2.44 bits per heavy atom. The Balaban J connectivity index is 2.93. The van der Waals surface area contributed by atoms with Crippen molar-refractivity contribution in [1.29, 1.82) is 5.26 Å². The Bertz CT molecular complexity index is 394. The highest BCUT2D eigenvalue weighted by molar-refractivity contribution is 8.00. The van der Waals surface area contributed by atoms with Gasteiger partial charge in [-0.05, 0) is 18.6 Å². The van der Waals surface area contributed by atoms with E-state index in [9.17, 15) is 8.78 Å². The van der Waals surface area contributed by atoms with E-state index in [-0.39, 0.29) is 22.3 Å². The number of hydrogen-bond donors (Lipinski definition) is 1. The number of hydrogen-bond acceptors (Lipinski definition) is 3. The lowest BCUT2D eigenvalue weighted by molar-refractivity contribution is 0.289. The van der Waals surface area contributed by atoms with Crippen LogP contribution in [0.5, 0.6) is 0 Å². The van der Waals surface area contributed by atoms with Crippen molar-refractivity contribution in [2.75, 3.05) is 6.61 Å². The lowest BCUT2D eigenvalue weighted by atomic mass is 10.2. The Kier molecular flexibility index (Phi) is 4.71. The van der Waals surface area contributed by atoms with Gasteiger partial charge in [0.25, 0.3) is 0 Å². The van der Waals surface area contributed by atoms with Crippen LogP contribution >= 0.6 is 11.8 Å². The van der Waals surface area contributed by atoms with Crippen LogP contribution in [0, 0.1) is 23.0 Å². The van der Waals surface area contributed by atoms with Gasteiger partial charge in [-0.15, -0.1) is 11.8 Å². The summed E-state index contributed by atoms with van der Waals surface area (Å²) in [6.45, 7) is 1.76. The molecular formula is C11H11F2NOS. The van der Waals surface area contributed by atoms with Gasteiger partial charge >= 0.3 is 0 Å². The van der Waals surface area contributed by atoms with Crippen molar-refractivity contribution in [3.63, 3.8) is 0 Å². The number of nitriles is 1. The molecule has 1 atom stereocenters. The molecule has 0 radical (unpaired) electrons. The van der Waals surface area contributed by atoms with E-state index >= 15 is 0 Å². The van der Waals surface area contributed by atoms with Gasteiger partial charge in [0.1, 0.15) is 11.6 Å². The molecule has 1 rings (SSSR count). The summed E-state index contributed by atoms with van der Waals surface area (Å²) in [5.41, 5.74) is -0.0332. The number of aliphatic hydroxyl groups is 1. The van der Waals surface area contributed by atoms with Crippen LogP contribution in [-0.2, 0) is 0 Å². The lowest BCUT2D eigenvalue weighted by Crippen LogP contribution is -2.01. The summed E-state index contributed by atoms with van der Waals surface area (Å²) in [5.74, 6) is -1.46. The summed E-state index contributed by atoms with van der Waals surface area (Å²) in [6, 6.07) is 3.71. The van der Waals surface area contributed by atoms with Crippen LogP contribution in [0.15, 0.2) is 17.0 Å². The number of benzene rings is 1. The van der Waals surface area contributed by atoms with Crippen LogP contribution in [0.1, 0.15) is 18.9 Å². The topological polar surface area (TPSA) is 44.0 Å². The van der Waals surface area contributed by atoms with Crippen LogP contribution in [0.25, 0.3) is 0 Å². The first kappa shape index (κ1) is 12.9. The van der Waals surface area contributed by atoms with Crippen LogP contribution in [0.4, 0.5) is 8.78 Å². The Morgan fingerprint density at radius 2 is 2.00 bits per heavy atom. The monoisotopic (exact) mass is 243 g/mol. The molecule has 1 unspecified atom stereocenters. The fourth-order valence-electron chi connectivity index (χ4n) is 1.18. The first-order chi connectivity index (χ1) is 7.58. The van der Waals surface area contributed by atoms with Crippen molar-refractivity contribution in [2.45, 2.75) is 23.5 Å². The summed E-state index contributed by atoms with van der Waals surface area (Å²) in [6.07, 6.45) is 0.462. The molecular weight excluding hydrogens is 232 g/mol. The van der Waals surface area contributed by atoms with Gasteiger partial charge in [0, 0.05) is 11.9 Å². The zero-order chi connectivity index (χ0) is 12.1. The van der Waals surface area contributed by atoms with Gasteiger partial charge in [0.2, 0.25) is 0 Å². The molecule has 0 amide bonds. The number of rotatable bonds is 4. The van der Waals surface area contributed by atoms with E-state index in [1.165, 1.54) is 0 Å². The minimum atomic E-state index is -0.730. The summed E-state index contributed by atoms with van der Waals surface area (Å²) in [5, 5.41) is 17.1. The summed E-state index contributed by atoms with van der Waals surface area (Å²) in [7, 11) is 0. The average molecular weight is 243 g/mol. The average Bonchev–Trinajstić information content (AvgIpc) is 2.23. The van der Waals surface area contributed by atoms with Gasteiger partial charge in [-0.2, -0.15) is 5.26 Å². The maximum atomic E-state index is 13.4. The van der Waals surface area contributed by atoms with E-state index in [0.717, 1.165) is 23.9 Å². The predicted molar refractivity (Wildman–Crippen MR) is 58.1 cm³/mol. The van der Waals surface area contributed by atoms with Crippen LogP contribution in [-0.4, -0.2) is 17.0 Å². The maximum absolute atomic E-state index is 13.4. The van der Waals surface area contributed by atoms with E-state index in [4.69, 9.17) is 10.4 Å². The van der Waals surface area contributed by atoms with Crippen LogP contribution < -0.4 is 0 Å². The van der Waals surface area contributed by atoms with Crippen molar-refractivity contribution in [3.05, 3.63) is 29.3 Å². The molecule has 5 heteroatoms. The summed E-state index contributed by atoms with van der Waals surface area (Å²) in [4.78, 5) is -0.0973. The molecule has 0 aliphatic rings. The highest BCUT2D eigenvalue weighted by atomic mass is 32.2. The first-order valence-electron chi connectivity index (χ1n) is 4.75. The fourth-order valence-corrected chi connectivity index (χ4v) is 2.15. The quantitative estimate of drug-likeness (QED) is 0.827. The van der Waals surface area contributed by atoms with E-state index < -0.39 is 11.6 Å². The molecule has 0 bridgehead atoms. The molecule has 86 valence electrons. The smallest absolute Gasteiger partial charge is 0.141 e. The summed E-state index contributed by atoms with van der Waals surface area (Å²) < 4.78 is 26.8. The van der Waals surface area contributed by atoms with Crippen LogP contribution in [0.2, 0.25) is 0 Å². The fraction of sp³-hybridized carbons (Fsp3) is 0.364. The van der Waals surface area contributed by atoms with Crippen LogP contribution in [0.3, 0.4) is 0 Å². The van der Waals surface area contributed by atoms with Gasteiger partial charge in [-0.25, -0.2) is 8.78 Å². The van der Waals surface area contributed by atoms with Crippen molar-refractivity contribution in [3.8, 4) is 6.07 Å². The molecule has 1 aromatic carbocycles. The second-order valence-corrected chi connectivity index (χ2v) is 4.77. The van der Waals surface area contributed by atoms with Crippen molar-refractivity contribution >= 4 is 11.8 Å². The van der Waals surface area contributed by atoms with E-state index in [1.54, 1.807) is 13.0 Å². The normalized spacial score (nSPS) is 12.2. The minimum Gasteiger partial charge on any atom is -0.396 e. The van der Waals surface area contributed by atoms with Gasteiger partial charge in [-0.3, -0.25) is 0 Å². The molecule has 0 fully saturated rings. The highest BCUT2D eigenvalue weighted by Crippen LogP contribution is 2.30. The predicted octanol–water partition coefficient (Wildman–Crippen LogP) is 2.70. The van der Waals surface area contributed by atoms with Crippen molar-refractivity contribution in [2.24, 2.45) is 0 Å². The number of halogens is 2. The second-order valence-electron chi connectivity index (χ2n) is 3.32. The van der Waals surface area contributed by atoms with E-state index in [1.807, 2.05) is 0 Å². The molecule has 0 spiro atoms. The highest BCUT2D eigenvalue weighted by Gasteiger charge is 2.14. The summed E-state index contributed by atoms with van der Waals surface area (Å²) >= 11 is 1.02. The molecule has 0 saturated heterocycles. The molecule has 0 heterocycles. The zero-order valence-corrected chi connectivity index (χ0v) is 9.52. The third kappa shape index (κ3) is 3.19.